The lowest BCUT2D eigenvalue weighted by molar-refractivity contribution is -0.135. The zero-order valence-corrected chi connectivity index (χ0v) is 20.2. The molecule has 10 heteroatoms. The van der Waals surface area contributed by atoms with E-state index in [1.807, 2.05) is 0 Å². The van der Waals surface area contributed by atoms with Gasteiger partial charge < -0.3 is 15.2 Å². The Morgan fingerprint density at radius 2 is 1.53 bits per heavy atom. The Morgan fingerprint density at radius 1 is 0.972 bits per heavy atom. The van der Waals surface area contributed by atoms with Crippen LogP contribution in [-0.4, -0.2) is 35.6 Å². The van der Waals surface area contributed by atoms with Gasteiger partial charge in [-0.1, -0.05) is 36.0 Å². The van der Waals surface area contributed by atoms with Crippen LogP contribution in [0.25, 0.3) is 11.0 Å². The minimum atomic E-state index is -0.990. The van der Waals surface area contributed by atoms with Crippen LogP contribution in [0.1, 0.15) is 45.5 Å². The third-order valence-electron chi connectivity index (χ3n) is 5.43. The molecule has 0 spiro atoms. The Hall–Kier alpha value is -3.92. The van der Waals surface area contributed by atoms with E-state index in [1.165, 1.54) is 48.5 Å². The summed E-state index contributed by atoms with van der Waals surface area (Å²) >= 11 is 0.925. The molecule has 2 aromatic carbocycles. The first-order valence-electron chi connectivity index (χ1n) is 11.1. The summed E-state index contributed by atoms with van der Waals surface area (Å²) in [5.41, 5.74) is 7.02. The average Bonchev–Trinajstić information content (AvgIpc) is 3.14. The van der Waals surface area contributed by atoms with Gasteiger partial charge in [0.1, 0.15) is 21.8 Å². The first kappa shape index (κ1) is 25.2. The van der Waals surface area contributed by atoms with Gasteiger partial charge in [-0.05, 0) is 55.3 Å². The van der Waals surface area contributed by atoms with Crippen molar-refractivity contribution in [2.45, 2.75) is 19.1 Å². The van der Waals surface area contributed by atoms with Crippen LogP contribution in [0.5, 0.6) is 0 Å². The molecular formula is C26H22F2N2O5S. The van der Waals surface area contributed by atoms with E-state index < -0.39 is 34.7 Å². The molecule has 1 aliphatic rings. The highest BCUT2D eigenvalue weighted by Gasteiger charge is 2.38. The highest BCUT2D eigenvalue weighted by molar-refractivity contribution is 8.10. The summed E-state index contributed by atoms with van der Waals surface area (Å²) in [4.78, 5) is 39.9. The minimum absolute atomic E-state index is 0.0224. The first-order chi connectivity index (χ1) is 17.3. The summed E-state index contributed by atoms with van der Waals surface area (Å²) in [7, 11) is 0. The van der Waals surface area contributed by atoms with Gasteiger partial charge in [-0.15, -0.1) is 0 Å². The summed E-state index contributed by atoms with van der Waals surface area (Å²) < 4.78 is 38.5. The molecular weight excluding hydrogens is 490 g/mol. The maximum Gasteiger partial charge on any atom is 0.357 e. The normalized spacial score (nSPS) is 15.6. The molecule has 0 saturated heterocycles. The largest absolute Gasteiger partial charge is 0.462 e. The zero-order valence-electron chi connectivity index (χ0n) is 19.4. The molecule has 1 aromatic heterocycles. The quantitative estimate of drug-likeness (QED) is 0.507. The van der Waals surface area contributed by atoms with Crippen LogP contribution in [0.2, 0.25) is 0 Å². The molecule has 7 nitrogen and oxygen atoms in total. The third-order valence-corrected chi connectivity index (χ3v) is 6.73. The number of aromatic nitrogens is 1. The SMILES string of the molecule is CCOC(=O)C1=c2/c(=C/c3ccc(F)cc3)c(N)c(C(=O)OCC)n2C(=O)[C@H](c2ccc(F)cc2)S1. The number of thioether (sulfide) groups is 1. The average molecular weight is 513 g/mol. The monoisotopic (exact) mass is 512 g/mol. The summed E-state index contributed by atoms with van der Waals surface area (Å²) in [6.07, 6.45) is 1.55. The van der Waals surface area contributed by atoms with Crippen molar-refractivity contribution in [3.05, 3.63) is 87.6 Å². The smallest absolute Gasteiger partial charge is 0.357 e. The van der Waals surface area contributed by atoms with Gasteiger partial charge in [0.2, 0.25) is 5.91 Å². The number of ether oxygens (including phenoxy) is 2. The van der Waals surface area contributed by atoms with Crippen molar-refractivity contribution >= 4 is 46.3 Å². The highest BCUT2D eigenvalue weighted by Crippen LogP contribution is 2.39. The fourth-order valence-electron chi connectivity index (χ4n) is 3.86. The van der Waals surface area contributed by atoms with Crippen molar-refractivity contribution in [1.82, 2.24) is 4.57 Å². The first-order valence-corrected chi connectivity index (χ1v) is 12.0. The molecule has 36 heavy (non-hydrogen) atoms. The number of nitrogens with two attached hydrogens (primary N) is 1. The summed E-state index contributed by atoms with van der Waals surface area (Å²) in [6, 6.07) is 10.7. The number of hydrogen-bond donors (Lipinski definition) is 1. The zero-order chi connectivity index (χ0) is 26.0. The Labute approximate surface area is 209 Å². The van der Waals surface area contributed by atoms with E-state index in [0.29, 0.717) is 11.1 Å². The number of carbonyl (C=O) groups excluding carboxylic acids is 3. The van der Waals surface area contributed by atoms with Crippen molar-refractivity contribution < 1.29 is 32.6 Å². The number of benzene rings is 2. The molecule has 4 rings (SSSR count). The van der Waals surface area contributed by atoms with Gasteiger partial charge in [0.05, 0.1) is 24.3 Å². The third kappa shape index (κ3) is 4.64. The molecule has 0 fully saturated rings. The predicted octanol–water partition coefficient (Wildman–Crippen LogP) is 3.15. The van der Waals surface area contributed by atoms with Crippen LogP contribution in [-0.2, 0) is 14.3 Å². The summed E-state index contributed by atoms with van der Waals surface area (Å²) in [5, 5.41) is -0.700. The van der Waals surface area contributed by atoms with Gasteiger partial charge in [0, 0.05) is 5.22 Å². The van der Waals surface area contributed by atoms with Crippen LogP contribution >= 0.6 is 11.8 Å². The van der Waals surface area contributed by atoms with E-state index in [-0.39, 0.29) is 40.1 Å². The standard InChI is InChI=1S/C26H22F2N2O5S/c1-3-34-25(32)21-19(29)18(13-14-5-9-16(27)10-6-14)20-23(26(33)35-4-2)36-22(24(31)30(20)21)15-7-11-17(28)12-8-15/h5-13,22H,3-4,29H2,1-2H3/b18-13+/t22-/m0/s1. The molecule has 3 aromatic rings. The van der Waals surface area contributed by atoms with Crippen molar-refractivity contribution in [2.24, 2.45) is 0 Å². The molecule has 0 aliphatic carbocycles. The maximum absolute atomic E-state index is 13.8. The maximum atomic E-state index is 13.8. The van der Waals surface area contributed by atoms with Crippen molar-refractivity contribution in [2.75, 3.05) is 18.9 Å². The van der Waals surface area contributed by atoms with Crippen LogP contribution in [0.4, 0.5) is 14.5 Å². The van der Waals surface area contributed by atoms with Gasteiger partial charge in [-0.25, -0.2) is 18.4 Å². The molecule has 0 amide bonds. The molecule has 1 aliphatic heterocycles. The van der Waals surface area contributed by atoms with Gasteiger partial charge in [0.25, 0.3) is 0 Å². The van der Waals surface area contributed by atoms with E-state index in [9.17, 15) is 23.2 Å². The van der Waals surface area contributed by atoms with Gasteiger partial charge in [-0.3, -0.25) is 9.36 Å². The minimum Gasteiger partial charge on any atom is -0.462 e. The number of rotatable bonds is 6. The topological polar surface area (TPSA) is 101 Å². The number of nitrogens with zero attached hydrogens (tertiary/aromatic N) is 1. The van der Waals surface area contributed by atoms with E-state index in [2.05, 4.69) is 0 Å². The molecule has 0 saturated carbocycles. The molecule has 2 heterocycles. The van der Waals surface area contributed by atoms with E-state index in [1.54, 1.807) is 19.9 Å². The fourth-order valence-corrected chi connectivity index (χ4v) is 5.06. The Balaban J connectivity index is 2.08. The molecule has 0 unspecified atom stereocenters. The number of anilines is 1. The van der Waals surface area contributed by atoms with E-state index in [4.69, 9.17) is 15.2 Å². The molecule has 186 valence electrons. The second-order valence-electron chi connectivity index (χ2n) is 7.71. The fraction of sp³-hybridized carbons (Fsp3) is 0.192. The van der Waals surface area contributed by atoms with Crippen molar-refractivity contribution in [3.8, 4) is 0 Å². The number of carbonyl (C=O) groups is 3. The Kier molecular flexibility index (Phi) is 7.25. The molecule has 0 bridgehead atoms. The van der Waals surface area contributed by atoms with Crippen molar-refractivity contribution in [1.29, 1.82) is 0 Å². The Morgan fingerprint density at radius 3 is 2.11 bits per heavy atom. The number of esters is 2. The Bertz CT molecular complexity index is 1460. The van der Waals surface area contributed by atoms with E-state index in [0.717, 1.165) is 16.3 Å². The lowest BCUT2D eigenvalue weighted by Gasteiger charge is -2.23. The van der Waals surface area contributed by atoms with Crippen LogP contribution in [0.15, 0.2) is 48.5 Å². The summed E-state index contributed by atoms with van der Waals surface area (Å²) in [6.45, 7) is 3.33. The predicted molar refractivity (Wildman–Crippen MR) is 131 cm³/mol. The van der Waals surface area contributed by atoms with Gasteiger partial charge >= 0.3 is 11.9 Å². The van der Waals surface area contributed by atoms with Crippen LogP contribution < -0.4 is 16.3 Å². The summed E-state index contributed by atoms with van der Waals surface area (Å²) in [5.74, 6) is -3.07. The number of fused-ring (bicyclic) bond motifs is 1. The van der Waals surface area contributed by atoms with Crippen LogP contribution in [0.3, 0.4) is 0 Å². The second kappa shape index (κ2) is 10.4. The number of nitrogen functional groups attached to an aromatic ring is 1. The lowest BCUT2D eigenvalue weighted by Crippen LogP contribution is -2.42. The molecule has 2 N–H and O–H groups in total. The lowest BCUT2D eigenvalue weighted by atomic mass is 10.1. The van der Waals surface area contributed by atoms with E-state index >= 15 is 0 Å². The number of halogens is 2. The van der Waals surface area contributed by atoms with Crippen LogP contribution in [0, 0.1) is 11.6 Å². The molecule has 1 atom stereocenters. The molecule has 0 radical (unpaired) electrons. The second-order valence-corrected chi connectivity index (χ2v) is 8.83. The van der Waals surface area contributed by atoms with Crippen molar-refractivity contribution in [3.63, 3.8) is 0 Å². The number of hydrogen-bond acceptors (Lipinski definition) is 7. The van der Waals surface area contributed by atoms with Gasteiger partial charge in [-0.2, -0.15) is 0 Å². The van der Waals surface area contributed by atoms with Gasteiger partial charge in [0.15, 0.2) is 5.69 Å². The highest BCUT2D eigenvalue weighted by atomic mass is 32.2.